The Hall–Kier alpha value is -1.67. The Balaban J connectivity index is 2.48. The monoisotopic (exact) mass is 269 g/mol. The second-order valence-electron chi connectivity index (χ2n) is 4.36. The molecule has 1 heterocycles. The molecule has 2 atom stereocenters. The standard InChI is InChI=1S/C14H14F3NO/c1-3-7-12-18(4-2)11-9-6-5-8-10(11)13(19-12)14(15,16)17/h2,5-6,8-9,12-13H,3,7H2,1H3. The molecule has 1 aliphatic rings. The Labute approximate surface area is 110 Å². The summed E-state index contributed by atoms with van der Waals surface area (Å²) in [6, 6.07) is 8.63. The van der Waals surface area contributed by atoms with E-state index in [0.717, 1.165) is 0 Å². The first-order valence-electron chi connectivity index (χ1n) is 6.05. The van der Waals surface area contributed by atoms with Crippen LogP contribution in [0.15, 0.2) is 24.3 Å². The van der Waals surface area contributed by atoms with Crippen LogP contribution in [-0.4, -0.2) is 12.4 Å². The first kappa shape index (κ1) is 13.8. The number of hydrogen-bond donors (Lipinski definition) is 0. The number of benzene rings is 1. The third-order valence-corrected chi connectivity index (χ3v) is 3.03. The quantitative estimate of drug-likeness (QED) is 0.756. The van der Waals surface area contributed by atoms with E-state index in [-0.39, 0.29) is 5.56 Å². The zero-order valence-electron chi connectivity index (χ0n) is 10.4. The number of hydrogen-bond acceptors (Lipinski definition) is 2. The van der Waals surface area contributed by atoms with E-state index in [1.54, 1.807) is 18.2 Å². The highest BCUT2D eigenvalue weighted by atomic mass is 19.4. The summed E-state index contributed by atoms with van der Waals surface area (Å²) >= 11 is 0. The molecule has 1 aromatic carbocycles. The zero-order chi connectivity index (χ0) is 14.0. The molecule has 0 aliphatic carbocycles. The summed E-state index contributed by atoms with van der Waals surface area (Å²) in [6.07, 6.45) is -0.546. The van der Waals surface area contributed by atoms with Crippen LogP contribution in [0.5, 0.6) is 0 Å². The molecule has 2 rings (SSSR count). The summed E-state index contributed by atoms with van der Waals surface area (Å²) in [5.74, 6) is 0. The lowest BCUT2D eigenvalue weighted by atomic mass is 10.0. The summed E-state index contributed by atoms with van der Waals surface area (Å²) in [4.78, 5) is 1.43. The topological polar surface area (TPSA) is 12.5 Å². The van der Waals surface area contributed by atoms with Crippen LogP contribution in [0, 0.1) is 12.5 Å². The average molecular weight is 269 g/mol. The maximum atomic E-state index is 13.1. The SMILES string of the molecule is C#CN1c2ccccc2C(C(F)(F)F)OC1CCC. The highest BCUT2D eigenvalue weighted by molar-refractivity contribution is 5.60. The molecule has 0 saturated heterocycles. The maximum absolute atomic E-state index is 13.1. The van der Waals surface area contributed by atoms with Crippen molar-refractivity contribution in [2.75, 3.05) is 4.90 Å². The van der Waals surface area contributed by atoms with Crippen molar-refractivity contribution in [3.63, 3.8) is 0 Å². The Kier molecular flexibility index (Phi) is 3.72. The minimum Gasteiger partial charge on any atom is -0.340 e. The summed E-state index contributed by atoms with van der Waals surface area (Å²) in [5, 5.41) is 0. The smallest absolute Gasteiger partial charge is 0.340 e. The van der Waals surface area contributed by atoms with Crippen molar-refractivity contribution in [2.45, 2.75) is 38.3 Å². The third kappa shape index (κ3) is 2.54. The molecule has 0 radical (unpaired) electrons. The van der Waals surface area contributed by atoms with E-state index in [4.69, 9.17) is 11.2 Å². The van der Waals surface area contributed by atoms with Gasteiger partial charge in [0.15, 0.2) is 6.10 Å². The van der Waals surface area contributed by atoms with Crippen LogP contribution < -0.4 is 4.90 Å². The lowest BCUT2D eigenvalue weighted by Gasteiger charge is -2.39. The number of nitrogens with zero attached hydrogens (tertiary/aromatic N) is 1. The molecule has 0 spiro atoms. The molecule has 1 aromatic rings. The van der Waals surface area contributed by atoms with Crippen LogP contribution in [-0.2, 0) is 4.74 Å². The van der Waals surface area contributed by atoms with E-state index < -0.39 is 18.5 Å². The van der Waals surface area contributed by atoms with Gasteiger partial charge in [-0.15, -0.1) is 0 Å². The Morgan fingerprint density at radius 1 is 1.37 bits per heavy atom. The Morgan fingerprint density at radius 3 is 2.63 bits per heavy atom. The van der Waals surface area contributed by atoms with Crippen LogP contribution in [0.4, 0.5) is 18.9 Å². The summed E-state index contributed by atoms with van der Waals surface area (Å²) in [5.41, 5.74) is 0.470. The number of anilines is 1. The first-order chi connectivity index (χ1) is 8.99. The fourth-order valence-electron chi connectivity index (χ4n) is 2.23. The predicted octanol–water partition coefficient (Wildman–Crippen LogP) is 3.84. The van der Waals surface area contributed by atoms with E-state index in [9.17, 15) is 13.2 Å². The molecular weight excluding hydrogens is 255 g/mol. The minimum atomic E-state index is -4.44. The van der Waals surface area contributed by atoms with Crippen molar-refractivity contribution in [3.8, 4) is 12.5 Å². The van der Waals surface area contributed by atoms with E-state index >= 15 is 0 Å². The fourth-order valence-corrected chi connectivity index (χ4v) is 2.23. The van der Waals surface area contributed by atoms with Crippen molar-refractivity contribution < 1.29 is 17.9 Å². The van der Waals surface area contributed by atoms with Crippen LogP contribution in [0.3, 0.4) is 0 Å². The van der Waals surface area contributed by atoms with E-state index in [1.165, 1.54) is 11.0 Å². The number of alkyl halides is 3. The molecule has 19 heavy (non-hydrogen) atoms. The molecule has 0 aromatic heterocycles. The molecule has 1 aliphatic heterocycles. The van der Waals surface area contributed by atoms with Crippen LogP contribution >= 0.6 is 0 Å². The molecule has 5 heteroatoms. The number of para-hydroxylation sites is 1. The van der Waals surface area contributed by atoms with Gasteiger partial charge < -0.3 is 4.74 Å². The van der Waals surface area contributed by atoms with Crippen LogP contribution in [0.25, 0.3) is 0 Å². The third-order valence-electron chi connectivity index (χ3n) is 3.03. The lowest BCUT2D eigenvalue weighted by molar-refractivity contribution is -0.239. The van der Waals surface area contributed by atoms with Gasteiger partial charge in [0.2, 0.25) is 0 Å². The van der Waals surface area contributed by atoms with Gasteiger partial charge in [-0.25, -0.2) is 0 Å². The van der Waals surface area contributed by atoms with Gasteiger partial charge in [0, 0.05) is 11.6 Å². The summed E-state index contributed by atoms with van der Waals surface area (Å²) in [7, 11) is 0. The molecule has 0 N–H and O–H groups in total. The van der Waals surface area contributed by atoms with Gasteiger partial charge >= 0.3 is 6.18 Å². The number of halogens is 3. The van der Waals surface area contributed by atoms with Gasteiger partial charge in [-0.3, -0.25) is 4.90 Å². The largest absolute Gasteiger partial charge is 0.419 e. The average Bonchev–Trinajstić information content (AvgIpc) is 2.37. The summed E-state index contributed by atoms with van der Waals surface area (Å²) in [6.45, 7) is 1.88. The van der Waals surface area contributed by atoms with Gasteiger partial charge in [0.1, 0.15) is 6.23 Å². The number of ether oxygens (including phenoxy) is 1. The van der Waals surface area contributed by atoms with E-state index in [1.807, 2.05) is 6.92 Å². The fraction of sp³-hybridized carbons (Fsp3) is 0.429. The number of rotatable bonds is 2. The molecular formula is C14H14F3NO. The van der Waals surface area contributed by atoms with Gasteiger partial charge in [-0.05, 0) is 12.5 Å². The van der Waals surface area contributed by atoms with Gasteiger partial charge in [-0.2, -0.15) is 13.2 Å². The molecule has 0 fully saturated rings. The Morgan fingerprint density at radius 2 is 2.05 bits per heavy atom. The van der Waals surface area contributed by atoms with Crippen molar-refractivity contribution in [3.05, 3.63) is 29.8 Å². The van der Waals surface area contributed by atoms with E-state index in [2.05, 4.69) is 6.04 Å². The second kappa shape index (κ2) is 5.14. The van der Waals surface area contributed by atoms with Crippen LogP contribution in [0.1, 0.15) is 31.4 Å². The first-order valence-corrected chi connectivity index (χ1v) is 6.05. The van der Waals surface area contributed by atoms with Gasteiger partial charge in [0.05, 0.1) is 5.69 Å². The Bertz CT molecular complexity index is 492. The van der Waals surface area contributed by atoms with Crippen molar-refractivity contribution in [1.29, 1.82) is 0 Å². The van der Waals surface area contributed by atoms with Crippen molar-refractivity contribution in [2.24, 2.45) is 0 Å². The summed E-state index contributed by atoms with van der Waals surface area (Å²) < 4.78 is 44.4. The molecule has 2 unspecified atom stereocenters. The van der Waals surface area contributed by atoms with Crippen LogP contribution in [0.2, 0.25) is 0 Å². The number of terminal acetylenes is 1. The van der Waals surface area contributed by atoms with Crippen molar-refractivity contribution >= 4 is 5.69 Å². The highest BCUT2D eigenvalue weighted by Gasteiger charge is 2.48. The highest BCUT2D eigenvalue weighted by Crippen LogP contribution is 2.45. The molecule has 0 bridgehead atoms. The minimum absolute atomic E-state index is 0.0697. The van der Waals surface area contributed by atoms with E-state index in [0.29, 0.717) is 18.5 Å². The predicted molar refractivity (Wildman–Crippen MR) is 66.3 cm³/mol. The second-order valence-corrected chi connectivity index (χ2v) is 4.36. The zero-order valence-corrected chi connectivity index (χ0v) is 10.4. The van der Waals surface area contributed by atoms with Crippen molar-refractivity contribution in [1.82, 2.24) is 0 Å². The molecule has 102 valence electrons. The normalized spacial score (nSPS) is 22.8. The molecule has 2 nitrogen and oxygen atoms in total. The number of fused-ring (bicyclic) bond motifs is 1. The lowest BCUT2D eigenvalue weighted by Crippen LogP contribution is -2.43. The van der Waals surface area contributed by atoms with Gasteiger partial charge in [0.25, 0.3) is 0 Å². The van der Waals surface area contributed by atoms with Gasteiger partial charge in [-0.1, -0.05) is 38.0 Å². The molecule has 0 saturated carbocycles. The maximum Gasteiger partial charge on any atom is 0.419 e. The molecule has 0 amide bonds.